The van der Waals surface area contributed by atoms with E-state index in [0.717, 1.165) is 0 Å². The third kappa shape index (κ3) is 3.26. The van der Waals surface area contributed by atoms with E-state index in [0.29, 0.717) is 0 Å². The van der Waals surface area contributed by atoms with Crippen molar-refractivity contribution in [2.75, 3.05) is 0 Å². The Kier molecular flexibility index (Phi) is 6.08. The van der Waals surface area contributed by atoms with Gasteiger partial charge < -0.3 is 0 Å². The van der Waals surface area contributed by atoms with Gasteiger partial charge in [0.1, 0.15) is 0 Å². The minimum absolute atomic E-state index is 7.75. The van der Waals surface area contributed by atoms with Crippen molar-refractivity contribution in [2.45, 2.75) is 47.0 Å². The van der Waals surface area contributed by atoms with Crippen molar-refractivity contribution in [2.24, 2.45) is 0 Å². The first-order valence-electron chi connectivity index (χ1n) is 5.68. The Morgan fingerprint density at radius 2 is 0.724 bits per heavy atom. The molecule has 3 nitrogen and oxygen atoms in total. The molecule has 1 N–H and O–H groups in total. The van der Waals surface area contributed by atoms with Crippen molar-refractivity contribution >= 4 is 10.1 Å². The fourth-order valence-corrected chi connectivity index (χ4v) is 2.20. The lowest BCUT2D eigenvalue weighted by molar-refractivity contribution is -0.468. The molecule has 0 aliphatic heterocycles. The monoisotopic (exact) mass is 500 g/mol. The average molecular weight is 500 g/mol. The van der Waals surface area contributed by atoms with Crippen molar-refractivity contribution < 1.29 is 87.6 Å². The van der Waals surface area contributed by atoms with Crippen LogP contribution < -0.4 is 0 Å². The van der Waals surface area contributed by atoms with E-state index in [1.807, 2.05) is 0 Å². The molecule has 21 heteroatoms. The summed E-state index contributed by atoms with van der Waals surface area (Å²) in [7, 11) is -8.23. The van der Waals surface area contributed by atoms with Crippen LogP contribution in [0.15, 0.2) is 0 Å². The van der Waals surface area contributed by atoms with Crippen LogP contribution in [0.25, 0.3) is 0 Å². The first-order valence-corrected chi connectivity index (χ1v) is 7.12. The fraction of sp³-hybridized carbons (Fsp3) is 1.00. The van der Waals surface area contributed by atoms with Gasteiger partial charge in [0.25, 0.3) is 0 Å². The number of halogens is 17. The first kappa shape index (κ1) is 27.7. The maximum absolute atomic E-state index is 14.0. The van der Waals surface area contributed by atoms with Gasteiger partial charge >= 0.3 is 57.1 Å². The van der Waals surface area contributed by atoms with Crippen LogP contribution >= 0.6 is 0 Å². The second kappa shape index (κ2) is 6.36. The molecular formula is C8HF17O3S. The molecule has 176 valence electrons. The van der Waals surface area contributed by atoms with Gasteiger partial charge in [0, 0.05) is 0 Å². The molecule has 0 spiro atoms. The van der Waals surface area contributed by atoms with Crippen LogP contribution in [-0.2, 0) is 10.1 Å². The normalized spacial score (nSPS) is 18.6. The van der Waals surface area contributed by atoms with Gasteiger partial charge in [-0.1, -0.05) is 0 Å². The van der Waals surface area contributed by atoms with Crippen molar-refractivity contribution in [1.29, 1.82) is 0 Å². The minimum Gasteiger partial charge on any atom is -0.281 e. The molecular weight excluding hydrogens is 499 g/mol. The van der Waals surface area contributed by atoms with Crippen LogP contribution in [0.5, 0.6) is 0 Å². The predicted octanol–water partition coefficient (Wildman–Crippen LogP) is 4.84. The molecule has 0 bridgehead atoms. The highest BCUT2D eigenvalue weighted by molar-refractivity contribution is 7.87. The Hall–Kier alpha value is -1.28. The predicted molar refractivity (Wildman–Crippen MR) is 52.2 cm³/mol. The molecule has 0 amide bonds. The zero-order valence-corrected chi connectivity index (χ0v) is 12.9. The summed E-state index contributed by atoms with van der Waals surface area (Å²) < 4.78 is 246. The topological polar surface area (TPSA) is 54.4 Å². The van der Waals surface area contributed by atoms with Gasteiger partial charge in [-0.2, -0.15) is 74.3 Å². The molecule has 0 heterocycles. The first-order chi connectivity index (χ1) is 12.0. The van der Waals surface area contributed by atoms with Crippen LogP contribution in [0.2, 0.25) is 0 Å². The Bertz CT molecular complexity index is 713. The zero-order valence-electron chi connectivity index (χ0n) is 12.1. The molecule has 0 rings (SSSR count). The third-order valence-electron chi connectivity index (χ3n) is 3.17. The van der Waals surface area contributed by atoms with E-state index in [-0.39, 0.29) is 0 Å². The Morgan fingerprint density at radius 3 is 0.897 bits per heavy atom. The molecule has 0 radical (unpaired) electrons. The highest BCUT2D eigenvalue weighted by Gasteiger charge is 3.02. The van der Waals surface area contributed by atoms with E-state index in [2.05, 4.69) is 0 Å². The number of rotatable bonds is 5. The Morgan fingerprint density at radius 1 is 0.448 bits per heavy atom. The molecule has 0 aromatic carbocycles. The molecule has 0 aromatic heterocycles. The van der Waals surface area contributed by atoms with Gasteiger partial charge in [-0.05, 0) is 0 Å². The van der Waals surface area contributed by atoms with Gasteiger partial charge in [0.05, 0.1) is 0 Å². The number of hydrogen-bond acceptors (Lipinski definition) is 2. The summed E-state index contributed by atoms with van der Waals surface area (Å²) in [5.41, 5.74) is -18.6. The SMILES string of the molecule is O=S(=O)(O)C(F)(F)C(F)(F)C(F)(C(F)(F)C(F)(F)F)C(F)(C(F)(F)F)C(F)(F)F. The summed E-state index contributed by atoms with van der Waals surface area (Å²) in [4.78, 5) is 0. The van der Waals surface area contributed by atoms with E-state index < -0.39 is 57.1 Å². The maximum Gasteiger partial charge on any atom is 0.457 e. The average Bonchev–Trinajstić information content (AvgIpc) is 2.39. The van der Waals surface area contributed by atoms with Gasteiger partial charge in [-0.3, -0.25) is 4.55 Å². The number of alkyl halides is 17. The summed E-state index contributed by atoms with van der Waals surface area (Å²) in [6.45, 7) is 0. The van der Waals surface area contributed by atoms with Crippen LogP contribution in [0.3, 0.4) is 0 Å². The van der Waals surface area contributed by atoms with E-state index in [4.69, 9.17) is 4.55 Å². The molecule has 0 aliphatic rings. The van der Waals surface area contributed by atoms with Crippen LogP contribution in [-0.4, -0.2) is 59.9 Å². The van der Waals surface area contributed by atoms with Gasteiger partial charge in [0.15, 0.2) is 0 Å². The standard InChI is InChI=1S/C8HF17O3S/c9-1(3(11,12)7(21,22)23,2(10,5(15,16)17)6(18,19)20)4(13,14)8(24,25)29(26,27)28/h(H,26,27,28). The lowest BCUT2D eigenvalue weighted by atomic mass is 9.74. The van der Waals surface area contributed by atoms with Crippen molar-refractivity contribution in [3.05, 3.63) is 0 Å². The minimum atomic E-state index is -9.46. The summed E-state index contributed by atoms with van der Waals surface area (Å²) in [5.74, 6) is -18.0. The van der Waals surface area contributed by atoms with E-state index >= 15 is 0 Å². The van der Waals surface area contributed by atoms with Crippen molar-refractivity contribution in [3.63, 3.8) is 0 Å². The van der Waals surface area contributed by atoms with Crippen LogP contribution in [0.1, 0.15) is 0 Å². The zero-order chi connectivity index (χ0) is 24.5. The molecule has 0 saturated carbocycles. The van der Waals surface area contributed by atoms with Gasteiger partial charge in [-0.25, -0.2) is 8.78 Å². The Labute approximate surface area is 146 Å². The second-order valence-corrected chi connectivity index (χ2v) is 6.41. The van der Waals surface area contributed by atoms with Gasteiger partial charge in [0.2, 0.25) is 0 Å². The molecule has 1 atom stereocenters. The highest BCUT2D eigenvalue weighted by atomic mass is 32.2. The lowest BCUT2D eigenvalue weighted by Gasteiger charge is -2.48. The van der Waals surface area contributed by atoms with Crippen molar-refractivity contribution in [1.82, 2.24) is 0 Å². The smallest absolute Gasteiger partial charge is 0.281 e. The fourth-order valence-electron chi connectivity index (χ4n) is 1.74. The lowest BCUT2D eigenvalue weighted by Crippen LogP contribution is -2.83. The second-order valence-electron chi connectivity index (χ2n) is 4.95. The van der Waals surface area contributed by atoms with Crippen molar-refractivity contribution in [3.8, 4) is 0 Å². The quantitative estimate of drug-likeness (QED) is 0.435. The summed E-state index contributed by atoms with van der Waals surface area (Å²) in [5, 5.41) is -8.27. The van der Waals surface area contributed by atoms with E-state index in [9.17, 15) is 83.1 Å². The van der Waals surface area contributed by atoms with Gasteiger partial charge in [-0.15, -0.1) is 0 Å². The van der Waals surface area contributed by atoms with Crippen LogP contribution in [0.4, 0.5) is 74.6 Å². The molecule has 0 fully saturated rings. The summed E-state index contributed by atoms with van der Waals surface area (Å²) in [6, 6.07) is 0. The molecule has 1 unspecified atom stereocenters. The molecule has 29 heavy (non-hydrogen) atoms. The maximum atomic E-state index is 14.0. The molecule has 0 aromatic rings. The van der Waals surface area contributed by atoms with Crippen LogP contribution in [0, 0.1) is 0 Å². The van der Waals surface area contributed by atoms with E-state index in [1.54, 1.807) is 0 Å². The largest absolute Gasteiger partial charge is 0.457 e. The molecule has 0 aliphatic carbocycles. The number of hydrogen-bond donors (Lipinski definition) is 1. The molecule has 0 saturated heterocycles. The summed E-state index contributed by atoms with van der Waals surface area (Å²) >= 11 is 0. The van der Waals surface area contributed by atoms with E-state index in [1.165, 1.54) is 0 Å². The highest BCUT2D eigenvalue weighted by Crippen LogP contribution is 2.68. The Balaban J connectivity index is 7.95. The summed E-state index contributed by atoms with van der Waals surface area (Å²) in [6.07, 6.45) is -25.5. The third-order valence-corrected chi connectivity index (χ3v) is 4.07.